The Morgan fingerprint density at radius 3 is 2.95 bits per heavy atom. The van der Waals surface area contributed by atoms with Crippen LogP contribution >= 0.6 is 23.1 Å². The summed E-state index contributed by atoms with van der Waals surface area (Å²) < 4.78 is 0. The van der Waals surface area contributed by atoms with Crippen LogP contribution in [0.3, 0.4) is 0 Å². The molecule has 0 bridgehead atoms. The molecule has 0 aromatic carbocycles. The normalized spacial score (nSPS) is 23.8. The molecule has 122 valence electrons. The number of aromatic nitrogens is 1. The van der Waals surface area contributed by atoms with Crippen molar-refractivity contribution >= 4 is 34.1 Å². The Morgan fingerprint density at radius 1 is 1.45 bits per heavy atom. The molecule has 1 aliphatic heterocycles. The zero-order chi connectivity index (χ0) is 15.6. The maximum Gasteiger partial charge on any atom is 0.258 e. The summed E-state index contributed by atoms with van der Waals surface area (Å²) in [6.07, 6.45) is 6.90. The fraction of sp³-hybridized carbons (Fsp3) is 0.750. The number of nitrogens with zero attached hydrogens (tertiary/aromatic N) is 1. The highest BCUT2D eigenvalue weighted by molar-refractivity contribution is 7.99. The van der Waals surface area contributed by atoms with Gasteiger partial charge in [-0.15, -0.1) is 11.3 Å². The molecule has 4 nitrogen and oxygen atoms in total. The van der Waals surface area contributed by atoms with Gasteiger partial charge in [0.15, 0.2) is 5.13 Å². The second-order valence-corrected chi connectivity index (χ2v) is 8.69. The van der Waals surface area contributed by atoms with Crippen molar-refractivity contribution in [3.63, 3.8) is 0 Å². The second kappa shape index (κ2) is 6.89. The molecule has 0 radical (unpaired) electrons. The lowest BCUT2D eigenvalue weighted by Gasteiger charge is -2.29. The van der Waals surface area contributed by atoms with E-state index in [1.54, 1.807) is 23.1 Å². The topological polar surface area (TPSA) is 62.2 Å². The number of hydrogen-bond acceptors (Lipinski definition) is 5. The van der Waals surface area contributed by atoms with E-state index in [2.05, 4.69) is 17.2 Å². The molecule has 3 rings (SSSR count). The first-order chi connectivity index (χ1) is 10.6. The number of rotatable bonds is 4. The van der Waals surface area contributed by atoms with Crippen LogP contribution in [0.15, 0.2) is 0 Å². The number of aliphatic hydroxyl groups is 1. The predicted octanol–water partition coefficient (Wildman–Crippen LogP) is 3.24. The minimum absolute atomic E-state index is 0.274. The first-order valence-corrected chi connectivity index (χ1v) is 10.2. The molecule has 0 spiro atoms. The highest BCUT2D eigenvalue weighted by Crippen LogP contribution is 2.35. The van der Waals surface area contributed by atoms with Gasteiger partial charge in [0.2, 0.25) is 0 Å². The largest absolute Gasteiger partial charge is 0.380 e. The maximum absolute atomic E-state index is 12.4. The molecule has 1 saturated heterocycles. The van der Waals surface area contributed by atoms with E-state index in [0.29, 0.717) is 18.0 Å². The van der Waals surface area contributed by atoms with Gasteiger partial charge >= 0.3 is 0 Å². The van der Waals surface area contributed by atoms with Crippen LogP contribution < -0.4 is 5.32 Å². The lowest BCUT2D eigenvalue weighted by molar-refractivity contribution is -0.134. The zero-order valence-corrected chi connectivity index (χ0v) is 14.7. The van der Waals surface area contributed by atoms with E-state index < -0.39 is 5.60 Å². The van der Waals surface area contributed by atoms with Crippen LogP contribution in [0.4, 0.5) is 5.13 Å². The maximum atomic E-state index is 12.4. The van der Waals surface area contributed by atoms with E-state index in [0.717, 1.165) is 36.0 Å². The summed E-state index contributed by atoms with van der Waals surface area (Å²) in [7, 11) is 0. The monoisotopic (exact) mass is 340 g/mol. The van der Waals surface area contributed by atoms with Crippen LogP contribution in [0.25, 0.3) is 0 Å². The van der Waals surface area contributed by atoms with Crippen LogP contribution in [-0.4, -0.2) is 33.1 Å². The number of fused-ring (bicyclic) bond motifs is 1. The van der Waals surface area contributed by atoms with Crippen LogP contribution in [0.5, 0.6) is 0 Å². The van der Waals surface area contributed by atoms with Crippen molar-refractivity contribution in [2.45, 2.75) is 57.5 Å². The van der Waals surface area contributed by atoms with E-state index in [1.165, 1.54) is 24.1 Å². The molecule has 1 unspecified atom stereocenters. The third-order valence-electron chi connectivity index (χ3n) is 4.70. The van der Waals surface area contributed by atoms with Crippen molar-refractivity contribution < 1.29 is 9.90 Å². The quantitative estimate of drug-likeness (QED) is 0.883. The molecule has 2 heterocycles. The average Bonchev–Trinajstić information content (AvgIpc) is 2.90. The third kappa shape index (κ3) is 3.49. The number of amides is 1. The number of thiazole rings is 1. The number of hydrogen-bond donors (Lipinski definition) is 2. The Bertz CT molecular complexity index is 538. The van der Waals surface area contributed by atoms with Gasteiger partial charge in [-0.1, -0.05) is 19.8 Å². The van der Waals surface area contributed by atoms with Crippen molar-refractivity contribution in [3.05, 3.63) is 10.6 Å². The second-order valence-electron chi connectivity index (χ2n) is 6.38. The van der Waals surface area contributed by atoms with Gasteiger partial charge in [0.1, 0.15) is 5.60 Å². The molecule has 1 aromatic rings. The molecule has 1 amide bonds. The first-order valence-electron chi connectivity index (χ1n) is 8.21. The van der Waals surface area contributed by atoms with Gasteiger partial charge in [-0.25, -0.2) is 4.98 Å². The van der Waals surface area contributed by atoms with Gasteiger partial charge < -0.3 is 5.11 Å². The highest BCUT2D eigenvalue weighted by Gasteiger charge is 2.38. The Morgan fingerprint density at radius 2 is 2.23 bits per heavy atom. The summed E-state index contributed by atoms with van der Waals surface area (Å²) in [5.74, 6) is 2.18. The average molecular weight is 341 g/mol. The zero-order valence-electron chi connectivity index (χ0n) is 13.1. The van der Waals surface area contributed by atoms with Crippen molar-refractivity contribution in [1.29, 1.82) is 0 Å². The Hall–Kier alpha value is -0.590. The van der Waals surface area contributed by atoms with E-state index in [1.807, 2.05) is 0 Å². The van der Waals surface area contributed by atoms with Gasteiger partial charge in [-0.2, -0.15) is 11.8 Å². The lowest BCUT2D eigenvalue weighted by Crippen LogP contribution is -2.45. The summed E-state index contributed by atoms with van der Waals surface area (Å²) in [5, 5.41) is 14.0. The van der Waals surface area contributed by atoms with Crippen LogP contribution in [0.2, 0.25) is 0 Å². The molecule has 2 aliphatic rings. The summed E-state index contributed by atoms with van der Waals surface area (Å²) >= 11 is 3.39. The fourth-order valence-corrected chi connectivity index (χ4v) is 5.59. The molecule has 6 heteroatoms. The number of carbonyl (C=O) groups excluding carboxylic acids is 1. The lowest BCUT2D eigenvalue weighted by atomic mass is 9.88. The summed E-state index contributed by atoms with van der Waals surface area (Å²) in [5.41, 5.74) is -0.0545. The molecule has 1 aliphatic carbocycles. The molecule has 2 N–H and O–H groups in total. The van der Waals surface area contributed by atoms with Gasteiger partial charge in [-0.05, 0) is 49.5 Å². The molecule has 0 saturated carbocycles. The standard InChI is InChI=1S/C16H24N2O2S2/c1-2-3-11-4-5-12-13(10-11)22-15(17-12)18-14(19)16(20)6-8-21-9-7-16/h11,20H,2-10H2,1H3,(H,17,18,19). The minimum atomic E-state index is -1.21. The van der Waals surface area contributed by atoms with Gasteiger partial charge in [0.05, 0.1) is 5.69 Å². The van der Waals surface area contributed by atoms with Crippen molar-refractivity contribution in [1.82, 2.24) is 4.98 Å². The van der Waals surface area contributed by atoms with Crippen molar-refractivity contribution in [3.8, 4) is 0 Å². The number of carbonyl (C=O) groups is 1. The van der Waals surface area contributed by atoms with Gasteiger partial charge in [0, 0.05) is 4.88 Å². The molecule has 22 heavy (non-hydrogen) atoms. The summed E-state index contributed by atoms with van der Waals surface area (Å²) in [6, 6.07) is 0. The Labute approximate surface area is 140 Å². The fourth-order valence-electron chi connectivity index (χ4n) is 3.30. The van der Waals surface area contributed by atoms with Crippen molar-refractivity contribution in [2.75, 3.05) is 16.8 Å². The smallest absolute Gasteiger partial charge is 0.258 e. The summed E-state index contributed by atoms with van der Waals surface area (Å²) in [6.45, 7) is 2.23. The minimum Gasteiger partial charge on any atom is -0.380 e. The third-order valence-corrected chi connectivity index (χ3v) is 6.72. The van der Waals surface area contributed by atoms with Gasteiger partial charge in [-0.3, -0.25) is 10.1 Å². The molecule has 1 atom stereocenters. The molecule has 1 aromatic heterocycles. The van der Waals surface area contributed by atoms with Crippen molar-refractivity contribution in [2.24, 2.45) is 5.92 Å². The number of aryl methyl sites for hydroxylation is 1. The van der Waals surface area contributed by atoms with E-state index in [4.69, 9.17) is 0 Å². The molecular formula is C16H24N2O2S2. The Balaban J connectivity index is 1.65. The molecular weight excluding hydrogens is 316 g/mol. The molecule has 1 fully saturated rings. The van der Waals surface area contributed by atoms with Gasteiger partial charge in [0.25, 0.3) is 5.91 Å². The number of nitrogens with one attached hydrogen (secondary N) is 1. The number of anilines is 1. The van der Waals surface area contributed by atoms with E-state index >= 15 is 0 Å². The SMILES string of the molecule is CCCC1CCc2nc(NC(=O)C3(O)CCSCC3)sc2C1. The van der Waals surface area contributed by atoms with Crippen LogP contribution in [-0.2, 0) is 17.6 Å². The van der Waals surface area contributed by atoms with E-state index in [-0.39, 0.29) is 5.91 Å². The first kappa shape index (κ1) is 16.3. The van der Waals surface area contributed by atoms with Crippen LogP contribution in [0.1, 0.15) is 49.6 Å². The number of thioether (sulfide) groups is 1. The van der Waals surface area contributed by atoms with Crippen LogP contribution in [0, 0.1) is 5.92 Å². The highest BCUT2D eigenvalue weighted by atomic mass is 32.2. The Kier molecular flexibility index (Phi) is 5.10. The summed E-state index contributed by atoms with van der Waals surface area (Å²) in [4.78, 5) is 18.3. The predicted molar refractivity (Wildman–Crippen MR) is 92.7 cm³/mol. The van der Waals surface area contributed by atoms with E-state index in [9.17, 15) is 9.90 Å².